The fourth-order valence-corrected chi connectivity index (χ4v) is 2.93. The van der Waals surface area contributed by atoms with Gasteiger partial charge in [-0.25, -0.2) is 0 Å². The van der Waals surface area contributed by atoms with Gasteiger partial charge >= 0.3 is 0 Å². The molecule has 0 heterocycles. The van der Waals surface area contributed by atoms with Gasteiger partial charge in [0, 0.05) is 0 Å². The molecule has 5 nitrogen and oxygen atoms in total. The van der Waals surface area contributed by atoms with E-state index in [-0.39, 0.29) is 19.8 Å². The summed E-state index contributed by atoms with van der Waals surface area (Å²) in [5, 5.41) is 38.3. The van der Waals surface area contributed by atoms with Crippen LogP contribution in [-0.4, -0.2) is 58.1 Å². The van der Waals surface area contributed by atoms with Crippen molar-refractivity contribution in [1.82, 2.24) is 0 Å². The first-order valence-electron chi connectivity index (χ1n) is 7.30. The van der Waals surface area contributed by atoms with Gasteiger partial charge in [0.15, 0.2) is 0 Å². The number of hydrogen-bond donors (Lipinski definition) is 4. The molecule has 2 atom stereocenters. The van der Waals surface area contributed by atoms with E-state index in [0.29, 0.717) is 18.8 Å². The Morgan fingerprint density at radius 3 is 2.11 bits per heavy atom. The molecule has 0 radical (unpaired) electrons. The molecule has 4 N–H and O–H groups in total. The van der Waals surface area contributed by atoms with Crippen molar-refractivity contribution in [3.8, 4) is 0 Å². The molecular weight excluding hydrogens is 248 g/mol. The maximum Gasteiger partial charge on any atom is 0.110 e. The number of aliphatic hydroxyl groups excluding tert-OH is 3. The Morgan fingerprint density at radius 1 is 1.11 bits per heavy atom. The van der Waals surface area contributed by atoms with Crippen LogP contribution in [-0.2, 0) is 4.74 Å². The fourth-order valence-electron chi connectivity index (χ4n) is 2.93. The van der Waals surface area contributed by atoms with Gasteiger partial charge in [-0.3, -0.25) is 0 Å². The van der Waals surface area contributed by atoms with Crippen LogP contribution in [0.5, 0.6) is 0 Å². The number of ether oxygens (including phenoxy) is 1. The van der Waals surface area contributed by atoms with Gasteiger partial charge in [-0.05, 0) is 18.8 Å². The SMILES string of the molecule is CCC(O)(CC1CCCC1)C(CO)OC(CO)CO. The maximum atomic E-state index is 10.7. The molecular formula is C14H28O5. The van der Waals surface area contributed by atoms with Gasteiger partial charge in [-0.1, -0.05) is 32.6 Å². The standard InChI is InChI=1S/C14H28O5/c1-2-14(18,7-11-5-3-4-6-11)13(10-17)19-12(8-15)9-16/h11-13,15-18H,2-10H2,1H3. The highest BCUT2D eigenvalue weighted by Gasteiger charge is 2.39. The first-order valence-corrected chi connectivity index (χ1v) is 7.30. The molecule has 0 amide bonds. The summed E-state index contributed by atoms with van der Waals surface area (Å²) in [7, 11) is 0. The van der Waals surface area contributed by atoms with Gasteiger partial charge in [0.1, 0.15) is 12.2 Å². The topological polar surface area (TPSA) is 90.2 Å². The van der Waals surface area contributed by atoms with Crippen molar-refractivity contribution in [1.29, 1.82) is 0 Å². The Bertz CT molecular complexity index is 238. The van der Waals surface area contributed by atoms with Crippen LogP contribution in [0.1, 0.15) is 45.4 Å². The molecule has 0 aromatic heterocycles. The van der Waals surface area contributed by atoms with Crippen molar-refractivity contribution >= 4 is 0 Å². The molecule has 0 saturated heterocycles. The molecule has 0 spiro atoms. The lowest BCUT2D eigenvalue weighted by Crippen LogP contribution is -2.49. The molecule has 1 rings (SSSR count). The first kappa shape index (κ1) is 16.9. The second-order valence-electron chi connectivity index (χ2n) is 5.61. The smallest absolute Gasteiger partial charge is 0.110 e. The Labute approximate surface area is 115 Å². The molecule has 5 heteroatoms. The molecule has 0 aliphatic heterocycles. The summed E-state index contributed by atoms with van der Waals surface area (Å²) < 4.78 is 5.46. The summed E-state index contributed by atoms with van der Waals surface area (Å²) in [6.45, 7) is 0.911. The number of aliphatic hydroxyl groups is 4. The summed E-state index contributed by atoms with van der Waals surface area (Å²) in [6.07, 6.45) is 4.21. The van der Waals surface area contributed by atoms with Gasteiger partial charge in [0.05, 0.1) is 25.4 Å². The predicted molar refractivity (Wildman–Crippen MR) is 71.7 cm³/mol. The molecule has 1 aliphatic carbocycles. The molecule has 1 saturated carbocycles. The van der Waals surface area contributed by atoms with Gasteiger partial charge in [0.25, 0.3) is 0 Å². The van der Waals surface area contributed by atoms with Crippen LogP contribution < -0.4 is 0 Å². The average Bonchev–Trinajstić information content (AvgIpc) is 2.92. The van der Waals surface area contributed by atoms with Crippen LogP contribution in [0.2, 0.25) is 0 Å². The van der Waals surface area contributed by atoms with E-state index in [1.807, 2.05) is 6.92 Å². The fraction of sp³-hybridized carbons (Fsp3) is 1.00. The van der Waals surface area contributed by atoms with E-state index < -0.39 is 17.8 Å². The molecule has 1 aliphatic rings. The molecule has 2 unspecified atom stereocenters. The van der Waals surface area contributed by atoms with Crippen LogP contribution in [0.15, 0.2) is 0 Å². The largest absolute Gasteiger partial charge is 0.394 e. The average molecular weight is 276 g/mol. The molecule has 19 heavy (non-hydrogen) atoms. The predicted octanol–water partition coefficient (Wildman–Crippen LogP) is 0.438. The first-order chi connectivity index (χ1) is 9.09. The summed E-state index contributed by atoms with van der Waals surface area (Å²) in [6, 6.07) is 0. The zero-order chi connectivity index (χ0) is 14.3. The molecule has 0 aromatic rings. The van der Waals surface area contributed by atoms with Crippen molar-refractivity contribution in [2.24, 2.45) is 5.92 Å². The van der Waals surface area contributed by atoms with Crippen LogP contribution in [0.4, 0.5) is 0 Å². The minimum atomic E-state index is -1.09. The van der Waals surface area contributed by atoms with Crippen LogP contribution in [0.3, 0.4) is 0 Å². The highest BCUT2D eigenvalue weighted by atomic mass is 16.5. The van der Waals surface area contributed by atoms with E-state index in [1.165, 1.54) is 12.8 Å². The lowest BCUT2D eigenvalue weighted by atomic mass is 9.83. The minimum Gasteiger partial charge on any atom is -0.394 e. The normalized spacial score (nSPS) is 21.8. The Hall–Kier alpha value is -0.200. The summed E-state index contributed by atoms with van der Waals surface area (Å²) in [4.78, 5) is 0. The Kier molecular flexibility index (Phi) is 7.25. The quantitative estimate of drug-likeness (QED) is 0.490. The minimum absolute atomic E-state index is 0.312. The van der Waals surface area contributed by atoms with E-state index >= 15 is 0 Å². The van der Waals surface area contributed by atoms with E-state index in [1.54, 1.807) is 0 Å². The van der Waals surface area contributed by atoms with E-state index in [9.17, 15) is 10.2 Å². The van der Waals surface area contributed by atoms with Gasteiger partial charge in [0.2, 0.25) is 0 Å². The lowest BCUT2D eigenvalue weighted by Gasteiger charge is -2.37. The maximum absolute atomic E-state index is 10.7. The van der Waals surface area contributed by atoms with Crippen LogP contribution in [0.25, 0.3) is 0 Å². The van der Waals surface area contributed by atoms with Crippen LogP contribution >= 0.6 is 0 Å². The highest BCUT2D eigenvalue weighted by Crippen LogP contribution is 2.35. The van der Waals surface area contributed by atoms with Crippen molar-refractivity contribution < 1.29 is 25.2 Å². The highest BCUT2D eigenvalue weighted by molar-refractivity contribution is 4.90. The molecule has 1 fully saturated rings. The summed E-state index contributed by atoms with van der Waals surface area (Å²) in [5.74, 6) is 0.476. The van der Waals surface area contributed by atoms with Crippen molar-refractivity contribution in [3.05, 3.63) is 0 Å². The second kappa shape index (κ2) is 8.17. The van der Waals surface area contributed by atoms with Gasteiger partial charge < -0.3 is 25.2 Å². The zero-order valence-corrected chi connectivity index (χ0v) is 11.8. The van der Waals surface area contributed by atoms with Crippen LogP contribution in [0, 0.1) is 5.92 Å². The second-order valence-corrected chi connectivity index (χ2v) is 5.61. The summed E-state index contributed by atoms with van der Waals surface area (Å²) in [5.41, 5.74) is -1.09. The van der Waals surface area contributed by atoms with E-state index in [0.717, 1.165) is 12.8 Å². The molecule has 0 aromatic carbocycles. The summed E-state index contributed by atoms with van der Waals surface area (Å²) >= 11 is 0. The molecule has 0 bridgehead atoms. The monoisotopic (exact) mass is 276 g/mol. The van der Waals surface area contributed by atoms with Crippen molar-refractivity contribution in [2.75, 3.05) is 19.8 Å². The Balaban J connectivity index is 2.65. The zero-order valence-electron chi connectivity index (χ0n) is 11.8. The number of rotatable bonds is 9. The van der Waals surface area contributed by atoms with Crippen molar-refractivity contribution in [3.63, 3.8) is 0 Å². The van der Waals surface area contributed by atoms with E-state index in [4.69, 9.17) is 14.9 Å². The third-order valence-electron chi connectivity index (χ3n) is 4.26. The van der Waals surface area contributed by atoms with Crippen molar-refractivity contribution in [2.45, 2.75) is 63.3 Å². The number of hydrogen-bond acceptors (Lipinski definition) is 5. The van der Waals surface area contributed by atoms with Gasteiger partial charge in [-0.2, -0.15) is 0 Å². The van der Waals surface area contributed by atoms with E-state index in [2.05, 4.69) is 0 Å². The third kappa shape index (κ3) is 4.68. The Morgan fingerprint density at radius 2 is 1.68 bits per heavy atom. The lowest BCUT2D eigenvalue weighted by molar-refractivity contribution is -0.173. The molecule has 114 valence electrons. The third-order valence-corrected chi connectivity index (χ3v) is 4.26. The van der Waals surface area contributed by atoms with Gasteiger partial charge in [-0.15, -0.1) is 0 Å².